The van der Waals surface area contributed by atoms with Crippen LogP contribution in [0.4, 0.5) is 0 Å². The average molecular weight is 814 g/mol. The molecule has 0 rings (SSSR count). The molecule has 2 atom stereocenters. The SMILES string of the molecule is CC/C=C\C/C=C\C/C=C\C/C=C\C/C=C\C/C=C\CCCCCCC(=O)OC(COC(=O)CCCCC/C=C\C/C=C\C/C=C\CC)COP(=O)(O)OCCN. The molecule has 0 aromatic carbocycles. The van der Waals surface area contributed by atoms with Gasteiger partial charge in [-0.25, -0.2) is 4.57 Å². The molecule has 0 heterocycles. The molecular formula is C47H76NO8P. The van der Waals surface area contributed by atoms with Crippen LogP contribution in [0, 0.1) is 0 Å². The van der Waals surface area contributed by atoms with Crippen LogP contribution in [-0.4, -0.2) is 49.3 Å². The summed E-state index contributed by atoms with van der Waals surface area (Å²) in [5, 5.41) is 0. The zero-order chi connectivity index (χ0) is 41.8. The number of rotatable bonds is 38. The van der Waals surface area contributed by atoms with Gasteiger partial charge >= 0.3 is 19.8 Å². The molecule has 0 fully saturated rings. The first-order valence-corrected chi connectivity index (χ1v) is 22.9. The lowest BCUT2D eigenvalue weighted by molar-refractivity contribution is -0.161. The minimum Gasteiger partial charge on any atom is -0.462 e. The molecule has 0 aliphatic heterocycles. The molecule has 0 bridgehead atoms. The number of carbonyl (C=O) groups excluding carboxylic acids is 2. The minimum absolute atomic E-state index is 0.0379. The molecular weight excluding hydrogens is 737 g/mol. The van der Waals surface area contributed by atoms with Gasteiger partial charge in [-0.3, -0.25) is 18.6 Å². The first-order chi connectivity index (χ1) is 27.8. The summed E-state index contributed by atoms with van der Waals surface area (Å²) in [6, 6.07) is 0. The largest absolute Gasteiger partial charge is 0.472 e. The molecule has 2 unspecified atom stereocenters. The Hall–Kier alpha value is -3.33. The quantitative estimate of drug-likeness (QED) is 0.0270. The summed E-state index contributed by atoms with van der Waals surface area (Å²) in [6.45, 7) is 3.40. The van der Waals surface area contributed by atoms with Crippen molar-refractivity contribution in [2.24, 2.45) is 5.73 Å². The van der Waals surface area contributed by atoms with Crippen molar-refractivity contribution < 1.29 is 37.6 Å². The van der Waals surface area contributed by atoms with Gasteiger partial charge < -0.3 is 20.1 Å². The molecule has 0 radical (unpaired) electrons. The predicted octanol–water partition coefficient (Wildman–Crippen LogP) is 12.4. The monoisotopic (exact) mass is 814 g/mol. The van der Waals surface area contributed by atoms with Crippen LogP contribution in [0.3, 0.4) is 0 Å². The Bertz CT molecular complexity index is 1290. The Kier molecular flexibility index (Phi) is 39.8. The molecule has 0 amide bonds. The van der Waals surface area contributed by atoms with Crippen molar-refractivity contribution in [2.45, 2.75) is 148 Å². The van der Waals surface area contributed by atoms with E-state index in [1.807, 2.05) is 0 Å². The van der Waals surface area contributed by atoms with E-state index in [2.05, 4.69) is 123 Å². The van der Waals surface area contributed by atoms with E-state index in [1.54, 1.807) is 0 Å². The number of allylic oxidation sites excluding steroid dienone is 18. The maximum atomic E-state index is 12.6. The Morgan fingerprint density at radius 2 is 0.912 bits per heavy atom. The van der Waals surface area contributed by atoms with E-state index in [0.717, 1.165) is 103 Å². The summed E-state index contributed by atoms with van der Waals surface area (Å²) in [7, 11) is -4.40. The number of unbranched alkanes of at least 4 members (excludes halogenated alkanes) is 7. The van der Waals surface area contributed by atoms with Crippen molar-refractivity contribution in [3.8, 4) is 0 Å². The van der Waals surface area contributed by atoms with Crippen LogP contribution >= 0.6 is 7.82 Å². The fraction of sp³-hybridized carbons (Fsp3) is 0.574. The van der Waals surface area contributed by atoms with Gasteiger partial charge in [0.1, 0.15) is 6.61 Å². The van der Waals surface area contributed by atoms with Crippen LogP contribution in [0.15, 0.2) is 109 Å². The highest BCUT2D eigenvalue weighted by atomic mass is 31.2. The maximum absolute atomic E-state index is 12.6. The van der Waals surface area contributed by atoms with Gasteiger partial charge in [0.25, 0.3) is 0 Å². The number of carbonyl (C=O) groups is 2. The lowest BCUT2D eigenvalue weighted by atomic mass is 10.1. The van der Waals surface area contributed by atoms with E-state index in [4.69, 9.17) is 24.3 Å². The van der Waals surface area contributed by atoms with Crippen LogP contribution < -0.4 is 5.73 Å². The summed E-state index contributed by atoms with van der Waals surface area (Å²) in [5.41, 5.74) is 5.34. The van der Waals surface area contributed by atoms with Gasteiger partial charge in [-0.2, -0.15) is 0 Å². The molecule has 10 heteroatoms. The molecule has 0 aromatic heterocycles. The molecule has 0 aliphatic rings. The predicted molar refractivity (Wildman–Crippen MR) is 238 cm³/mol. The molecule has 3 N–H and O–H groups in total. The summed E-state index contributed by atoms with van der Waals surface area (Å²) in [5.74, 6) is -0.906. The third kappa shape index (κ3) is 42.1. The second kappa shape index (κ2) is 42.3. The van der Waals surface area contributed by atoms with Gasteiger partial charge in [-0.15, -0.1) is 0 Å². The highest BCUT2D eigenvalue weighted by molar-refractivity contribution is 7.47. The van der Waals surface area contributed by atoms with Gasteiger partial charge in [0.15, 0.2) is 6.10 Å². The third-order valence-corrected chi connectivity index (χ3v) is 9.14. The highest BCUT2D eigenvalue weighted by Gasteiger charge is 2.25. The van der Waals surface area contributed by atoms with Gasteiger partial charge in [0, 0.05) is 19.4 Å². The van der Waals surface area contributed by atoms with Gasteiger partial charge in [0.2, 0.25) is 0 Å². The minimum atomic E-state index is -4.40. The van der Waals surface area contributed by atoms with Crippen LogP contribution in [0.25, 0.3) is 0 Å². The van der Waals surface area contributed by atoms with E-state index in [-0.39, 0.29) is 32.6 Å². The second-order valence-electron chi connectivity index (χ2n) is 13.4. The van der Waals surface area contributed by atoms with Crippen LogP contribution in [0.5, 0.6) is 0 Å². The summed E-state index contributed by atoms with van der Waals surface area (Å²) >= 11 is 0. The molecule has 0 saturated carbocycles. The number of phosphoric ester groups is 1. The fourth-order valence-corrected chi connectivity index (χ4v) is 5.83. The number of esters is 2. The van der Waals surface area contributed by atoms with Gasteiger partial charge in [0.05, 0.1) is 13.2 Å². The Morgan fingerprint density at radius 1 is 0.526 bits per heavy atom. The second-order valence-corrected chi connectivity index (χ2v) is 14.9. The number of phosphoric acid groups is 1. The smallest absolute Gasteiger partial charge is 0.462 e. The molecule has 322 valence electrons. The normalized spacial score (nSPS) is 14.4. The van der Waals surface area contributed by atoms with Crippen molar-refractivity contribution in [1.29, 1.82) is 0 Å². The number of hydrogen-bond acceptors (Lipinski definition) is 8. The molecule has 9 nitrogen and oxygen atoms in total. The van der Waals surface area contributed by atoms with E-state index < -0.39 is 32.5 Å². The van der Waals surface area contributed by atoms with Crippen molar-refractivity contribution in [1.82, 2.24) is 0 Å². The summed E-state index contributed by atoms with van der Waals surface area (Å²) in [4.78, 5) is 34.8. The first-order valence-electron chi connectivity index (χ1n) is 21.4. The molecule has 0 aliphatic carbocycles. The number of ether oxygens (including phenoxy) is 2. The van der Waals surface area contributed by atoms with Crippen LogP contribution in [-0.2, 0) is 32.7 Å². The fourth-order valence-electron chi connectivity index (χ4n) is 5.06. The van der Waals surface area contributed by atoms with Crippen molar-refractivity contribution in [3.63, 3.8) is 0 Å². The molecule has 0 spiro atoms. The molecule has 0 aromatic rings. The summed E-state index contributed by atoms with van der Waals surface area (Å²) in [6.07, 6.45) is 55.5. The first kappa shape index (κ1) is 53.7. The average Bonchev–Trinajstić information content (AvgIpc) is 3.20. The van der Waals surface area contributed by atoms with E-state index in [0.29, 0.717) is 12.8 Å². The van der Waals surface area contributed by atoms with E-state index >= 15 is 0 Å². The van der Waals surface area contributed by atoms with Crippen molar-refractivity contribution in [2.75, 3.05) is 26.4 Å². The number of hydrogen-bond donors (Lipinski definition) is 2. The lowest BCUT2D eigenvalue weighted by Gasteiger charge is -2.19. The Morgan fingerprint density at radius 3 is 1.35 bits per heavy atom. The van der Waals surface area contributed by atoms with Gasteiger partial charge in [-0.05, 0) is 96.3 Å². The Labute approximate surface area is 346 Å². The van der Waals surface area contributed by atoms with Crippen molar-refractivity contribution >= 4 is 19.8 Å². The molecule has 57 heavy (non-hydrogen) atoms. The lowest BCUT2D eigenvalue weighted by Crippen LogP contribution is -2.29. The van der Waals surface area contributed by atoms with Crippen LogP contribution in [0.2, 0.25) is 0 Å². The zero-order valence-corrected chi connectivity index (χ0v) is 36.2. The number of nitrogens with two attached hydrogens (primary N) is 1. The Balaban J connectivity index is 4.27. The standard InChI is InChI=1S/C47H76NO8P/c1-3-5-7-9-11-13-15-17-18-19-20-21-22-23-24-25-26-28-30-32-34-36-38-40-47(50)56-45(44-55-57(51,52)54-42-41-48)43-53-46(49)39-37-35-33-31-29-27-16-14-12-10-8-6-4-2/h5-8,11-14,17-18,20-21,23-24,26-29,45H,3-4,9-10,15-16,19,22,25,30-44,48H2,1-2H3,(H,51,52)/b7-5-,8-6-,13-11-,14-12-,18-17-,21-20-,24-23-,28-26-,29-27-. The van der Waals surface area contributed by atoms with Gasteiger partial charge in [-0.1, -0.05) is 142 Å². The van der Waals surface area contributed by atoms with E-state index in [1.165, 1.54) is 0 Å². The van der Waals surface area contributed by atoms with E-state index in [9.17, 15) is 19.0 Å². The highest BCUT2D eigenvalue weighted by Crippen LogP contribution is 2.43. The zero-order valence-electron chi connectivity index (χ0n) is 35.3. The molecule has 0 saturated heterocycles. The third-order valence-electron chi connectivity index (χ3n) is 8.15. The topological polar surface area (TPSA) is 134 Å². The van der Waals surface area contributed by atoms with Crippen molar-refractivity contribution in [3.05, 3.63) is 109 Å². The maximum Gasteiger partial charge on any atom is 0.472 e. The summed E-state index contributed by atoms with van der Waals surface area (Å²) < 4.78 is 32.7. The van der Waals surface area contributed by atoms with Crippen LogP contribution in [0.1, 0.15) is 142 Å².